The zero-order valence-electron chi connectivity index (χ0n) is 10.6. The number of halogens is 1. The van der Waals surface area contributed by atoms with Gasteiger partial charge in [0.05, 0.1) is 6.54 Å². The van der Waals surface area contributed by atoms with Crippen LogP contribution < -0.4 is 10.6 Å². The molecular formula is C14H19BrN2O. The third-order valence-corrected chi connectivity index (χ3v) is 3.70. The third kappa shape index (κ3) is 4.42. The molecule has 3 nitrogen and oxygen atoms in total. The van der Waals surface area contributed by atoms with Crippen LogP contribution in [0.4, 0.5) is 0 Å². The van der Waals surface area contributed by atoms with Gasteiger partial charge in [0.25, 0.3) is 0 Å². The molecule has 0 saturated heterocycles. The van der Waals surface area contributed by atoms with Crippen LogP contribution in [-0.2, 0) is 4.79 Å². The SMILES string of the molecule is C[C@H](NCC(=O)NCC1CC1)c1cccc(Br)c1. The number of carbonyl (C=O) groups excluding carboxylic acids is 1. The molecule has 98 valence electrons. The monoisotopic (exact) mass is 310 g/mol. The lowest BCUT2D eigenvalue weighted by Gasteiger charge is -2.14. The van der Waals surface area contributed by atoms with Crippen LogP contribution in [0.15, 0.2) is 28.7 Å². The summed E-state index contributed by atoms with van der Waals surface area (Å²) in [6, 6.07) is 8.31. The van der Waals surface area contributed by atoms with Gasteiger partial charge < -0.3 is 10.6 Å². The number of hydrogen-bond acceptors (Lipinski definition) is 2. The fraction of sp³-hybridized carbons (Fsp3) is 0.500. The van der Waals surface area contributed by atoms with E-state index in [1.165, 1.54) is 18.4 Å². The highest BCUT2D eigenvalue weighted by molar-refractivity contribution is 9.10. The molecule has 1 saturated carbocycles. The maximum atomic E-state index is 11.6. The number of nitrogens with one attached hydrogen (secondary N) is 2. The predicted octanol–water partition coefficient (Wildman–Crippen LogP) is 2.63. The first-order valence-electron chi connectivity index (χ1n) is 6.40. The Kier molecular flexibility index (Phi) is 4.78. The molecule has 0 aromatic heterocycles. The van der Waals surface area contributed by atoms with Crippen LogP contribution in [0.3, 0.4) is 0 Å². The number of benzene rings is 1. The highest BCUT2D eigenvalue weighted by atomic mass is 79.9. The van der Waals surface area contributed by atoms with Crippen molar-refractivity contribution in [1.82, 2.24) is 10.6 Å². The topological polar surface area (TPSA) is 41.1 Å². The van der Waals surface area contributed by atoms with Gasteiger partial charge in [0.15, 0.2) is 0 Å². The summed E-state index contributed by atoms with van der Waals surface area (Å²) in [5.74, 6) is 0.820. The van der Waals surface area contributed by atoms with E-state index < -0.39 is 0 Å². The van der Waals surface area contributed by atoms with E-state index in [0.717, 1.165) is 16.9 Å². The molecule has 0 bridgehead atoms. The summed E-state index contributed by atoms with van der Waals surface area (Å²) in [5, 5.41) is 6.19. The zero-order chi connectivity index (χ0) is 13.0. The van der Waals surface area contributed by atoms with Gasteiger partial charge in [-0.1, -0.05) is 28.1 Å². The maximum absolute atomic E-state index is 11.6. The lowest BCUT2D eigenvalue weighted by molar-refractivity contribution is -0.120. The number of carbonyl (C=O) groups is 1. The normalized spacial score (nSPS) is 16.3. The minimum absolute atomic E-state index is 0.0868. The van der Waals surface area contributed by atoms with Crippen molar-refractivity contribution in [3.05, 3.63) is 34.3 Å². The average Bonchev–Trinajstić information content (AvgIpc) is 3.17. The fourth-order valence-electron chi connectivity index (χ4n) is 1.78. The zero-order valence-corrected chi connectivity index (χ0v) is 12.2. The quantitative estimate of drug-likeness (QED) is 0.848. The molecule has 0 radical (unpaired) electrons. The maximum Gasteiger partial charge on any atom is 0.233 e. The second kappa shape index (κ2) is 6.34. The van der Waals surface area contributed by atoms with Crippen molar-refractivity contribution in [1.29, 1.82) is 0 Å². The number of amides is 1. The van der Waals surface area contributed by atoms with Crippen LogP contribution in [0.5, 0.6) is 0 Å². The molecule has 18 heavy (non-hydrogen) atoms. The molecule has 2 rings (SSSR count). The van der Waals surface area contributed by atoms with Gasteiger partial charge in [-0.2, -0.15) is 0 Å². The van der Waals surface area contributed by atoms with Gasteiger partial charge >= 0.3 is 0 Å². The molecule has 1 fully saturated rings. The van der Waals surface area contributed by atoms with E-state index in [-0.39, 0.29) is 11.9 Å². The van der Waals surface area contributed by atoms with E-state index in [1.54, 1.807) is 0 Å². The van der Waals surface area contributed by atoms with Crippen LogP contribution >= 0.6 is 15.9 Å². The Morgan fingerprint density at radius 2 is 2.28 bits per heavy atom. The van der Waals surface area contributed by atoms with Crippen molar-refractivity contribution in [2.75, 3.05) is 13.1 Å². The summed E-state index contributed by atoms with van der Waals surface area (Å²) < 4.78 is 1.06. The Bertz CT molecular complexity index is 418. The Labute approximate surface area is 116 Å². The van der Waals surface area contributed by atoms with E-state index in [2.05, 4.69) is 45.6 Å². The minimum atomic E-state index is 0.0868. The van der Waals surface area contributed by atoms with Gasteiger partial charge in [-0.3, -0.25) is 4.79 Å². The largest absolute Gasteiger partial charge is 0.355 e. The first-order valence-corrected chi connectivity index (χ1v) is 7.20. The second-order valence-corrected chi connectivity index (χ2v) is 5.82. The Morgan fingerprint density at radius 1 is 1.50 bits per heavy atom. The summed E-state index contributed by atoms with van der Waals surface area (Å²) in [6.45, 7) is 3.28. The molecule has 1 aliphatic rings. The number of hydrogen-bond donors (Lipinski definition) is 2. The fourth-order valence-corrected chi connectivity index (χ4v) is 2.20. The van der Waals surface area contributed by atoms with E-state index in [1.807, 2.05) is 12.1 Å². The standard InChI is InChI=1S/C14H19BrN2O/c1-10(12-3-2-4-13(15)7-12)16-9-14(18)17-8-11-5-6-11/h2-4,7,10-11,16H,5-6,8-9H2,1H3,(H,17,18)/t10-/m0/s1. The summed E-state index contributed by atoms with van der Waals surface area (Å²) in [5.41, 5.74) is 1.18. The molecule has 0 aliphatic heterocycles. The van der Waals surface area contributed by atoms with E-state index in [0.29, 0.717) is 6.54 Å². The highest BCUT2D eigenvalue weighted by Crippen LogP contribution is 2.27. The van der Waals surface area contributed by atoms with Gasteiger partial charge in [0.1, 0.15) is 0 Å². The smallest absolute Gasteiger partial charge is 0.233 e. The Morgan fingerprint density at radius 3 is 2.94 bits per heavy atom. The molecule has 1 atom stereocenters. The van der Waals surface area contributed by atoms with Gasteiger partial charge in [0.2, 0.25) is 5.91 Å². The van der Waals surface area contributed by atoms with Gasteiger partial charge in [-0.15, -0.1) is 0 Å². The minimum Gasteiger partial charge on any atom is -0.355 e. The molecule has 1 aromatic carbocycles. The van der Waals surface area contributed by atoms with Gasteiger partial charge in [0, 0.05) is 17.1 Å². The van der Waals surface area contributed by atoms with Crippen LogP contribution in [-0.4, -0.2) is 19.0 Å². The second-order valence-electron chi connectivity index (χ2n) is 4.91. The molecule has 1 amide bonds. The van der Waals surface area contributed by atoms with Crippen LogP contribution in [0.1, 0.15) is 31.4 Å². The van der Waals surface area contributed by atoms with Crippen molar-refractivity contribution in [2.24, 2.45) is 5.92 Å². The van der Waals surface area contributed by atoms with Crippen molar-refractivity contribution in [3.8, 4) is 0 Å². The van der Waals surface area contributed by atoms with Crippen molar-refractivity contribution in [3.63, 3.8) is 0 Å². The summed E-state index contributed by atoms with van der Waals surface area (Å²) in [4.78, 5) is 11.6. The lowest BCUT2D eigenvalue weighted by atomic mass is 10.1. The van der Waals surface area contributed by atoms with Crippen molar-refractivity contribution >= 4 is 21.8 Å². The Balaban J connectivity index is 1.73. The molecule has 0 unspecified atom stereocenters. The molecule has 1 aromatic rings. The summed E-state index contributed by atoms with van der Waals surface area (Å²) >= 11 is 3.45. The first-order chi connectivity index (χ1) is 8.65. The highest BCUT2D eigenvalue weighted by Gasteiger charge is 2.21. The summed E-state index contributed by atoms with van der Waals surface area (Å²) in [7, 11) is 0. The van der Waals surface area contributed by atoms with E-state index in [9.17, 15) is 4.79 Å². The van der Waals surface area contributed by atoms with E-state index >= 15 is 0 Å². The molecular weight excluding hydrogens is 292 g/mol. The van der Waals surface area contributed by atoms with Crippen LogP contribution in [0.2, 0.25) is 0 Å². The molecule has 0 spiro atoms. The molecule has 4 heteroatoms. The molecule has 1 aliphatic carbocycles. The van der Waals surface area contributed by atoms with E-state index in [4.69, 9.17) is 0 Å². The van der Waals surface area contributed by atoms with Crippen LogP contribution in [0.25, 0.3) is 0 Å². The van der Waals surface area contributed by atoms with Crippen molar-refractivity contribution in [2.45, 2.75) is 25.8 Å². The molecule has 2 N–H and O–H groups in total. The van der Waals surface area contributed by atoms with Crippen molar-refractivity contribution < 1.29 is 4.79 Å². The Hall–Kier alpha value is -0.870. The summed E-state index contributed by atoms with van der Waals surface area (Å²) in [6.07, 6.45) is 2.53. The van der Waals surface area contributed by atoms with Crippen LogP contribution in [0, 0.1) is 5.92 Å². The first kappa shape index (κ1) is 13.6. The average molecular weight is 311 g/mol. The predicted molar refractivity (Wildman–Crippen MR) is 76.3 cm³/mol. The van der Waals surface area contributed by atoms with Gasteiger partial charge in [-0.05, 0) is 43.4 Å². The number of rotatable bonds is 6. The lowest BCUT2D eigenvalue weighted by Crippen LogP contribution is -2.36. The third-order valence-electron chi connectivity index (χ3n) is 3.20. The molecule has 0 heterocycles. The van der Waals surface area contributed by atoms with Gasteiger partial charge in [-0.25, -0.2) is 0 Å².